The van der Waals surface area contributed by atoms with Crippen molar-refractivity contribution in [2.45, 2.75) is 17.2 Å². The number of nitrogens with two attached hydrogens (primary N) is 1. The molecule has 4 rings (SSSR count). The second-order valence-electron chi connectivity index (χ2n) is 7.53. The molecule has 0 bridgehead atoms. The second-order valence-corrected chi connectivity index (χ2v) is 9.72. The number of benzene rings is 2. The summed E-state index contributed by atoms with van der Waals surface area (Å²) in [4.78, 5) is 21.7. The fraction of sp³-hybridized carbons (Fsp3) is 0.115. The minimum Gasteiger partial charge on any atom is -0.497 e. The maximum absolute atomic E-state index is 12.9. The number of methoxy groups -OCH3 is 1. The Labute approximate surface area is 216 Å². The zero-order valence-electron chi connectivity index (χ0n) is 19.4. The number of carbonyl (C=O) groups excluding carboxylic acids is 1. The lowest BCUT2D eigenvalue weighted by atomic mass is 9.97. The van der Waals surface area contributed by atoms with E-state index in [0.29, 0.717) is 16.3 Å². The van der Waals surface area contributed by atoms with Gasteiger partial charge in [-0.25, -0.2) is 9.97 Å². The van der Waals surface area contributed by atoms with Crippen molar-refractivity contribution >= 4 is 40.0 Å². The number of pyridine rings is 1. The van der Waals surface area contributed by atoms with Gasteiger partial charge in [0.1, 0.15) is 34.3 Å². The first-order valence-corrected chi connectivity index (χ1v) is 12.5. The molecule has 2 aromatic carbocycles. The maximum Gasteiger partial charge on any atom is 0.239 e. The van der Waals surface area contributed by atoms with Crippen LogP contribution in [0, 0.1) is 22.7 Å². The normalized spacial score (nSPS) is 11.2. The minimum atomic E-state index is -0.617. The number of ether oxygens (including phenoxy) is 1. The first-order chi connectivity index (χ1) is 17.4. The summed E-state index contributed by atoms with van der Waals surface area (Å²) in [6.45, 7) is 1.71. The average molecular weight is 513 g/mol. The highest BCUT2D eigenvalue weighted by atomic mass is 32.2. The maximum atomic E-state index is 12.9. The predicted molar refractivity (Wildman–Crippen MR) is 142 cm³/mol. The first kappa shape index (κ1) is 24.7. The fourth-order valence-corrected chi connectivity index (χ4v) is 5.07. The first-order valence-electron chi connectivity index (χ1n) is 10.7. The molecule has 3 N–H and O–H groups in total. The molecule has 2 heterocycles. The number of thioether (sulfide) groups is 1. The van der Waals surface area contributed by atoms with Crippen molar-refractivity contribution in [1.29, 1.82) is 10.5 Å². The van der Waals surface area contributed by atoms with E-state index in [0.717, 1.165) is 28.8 Å². The van der Waals surface area contributed by atoms with E-state index >= 15 is 0 Å². The van der Waals surface area contributed by atoms with Crippen molar-refractivity contribution in [3.63, 3.8) is 0 Å². The summed E-state index contributed by atoms with van der Waals surface area (Å²) < 4.78 is 5.18. The van der Waals surface area contributed by atoms with Crippen molar-refractivity contribution in [3.05, 3.63) is 71.1 Å². The number of rotatable bonds is 7. The molecular weight excluding hydrogens is 492 g/mol. The molecular formula is C26H20N6O2S2. The second kappa shape index (κ2) is 10.9. The number of hydrogen-bond donors (Lipinski definition) is 2. The van der Waals surface area contributed by atoms with Gasteiger partial charge in [-0.15, -0.1) is 11.3 Å². The Morgan fingerprint density at radius 1 is 1.06 bits per heavy atom. The van der Waals surface area contributed by atoms with Gasteiger partial charge >= 0.3 is 0 Å². The van der Waals surface area contributed by atoms with Crippen LogP contribution in [0.1, 0.15) is 18.1 Å². The fourth-order valence-electron chi connectivity index (χ4n) is 3.43. The summed E-state index contributed by atoms with van der Waals surface area (Å²) in [5, 5.41) is 24.4. The van der Waals surface area contributed by atoms with Crippen LogP contribution < -0.4 is 15.8 Å². The van der Waals surface area contributed by atoms with Crippen LogP contribution in [-0.4, -0.2) is 28.2 Å². The number of nitrogen functional groups attached to an aromatic ring is 1. The molecule has 2 aromatic heterocycles. The molecule has 0 spiro atoms. The molecule has 0 fully saturated rings. The standard InChI is InChI=1S/C26H20N6O2S2/c1-15(24(33)32-26-30-21(14-35-26)16-8-10-18(34-2)11-9-16)36-25-20(13-28)22(17-6-4-3-5-7-17)19(12-27)23(29)31-25/h3-11,14-15H,1-2H3,(H2,29,31)(H,30,32,33). The van der Waals surface area contributed by atoms with E-state index in [1.807, 2.05) is 47.8 Å². The number of amides is 1. The summed E-state index contributed by atoms with van der Waals surface area (Å²) in [5.74, 6) is 0.456. The number of hydrogen-bond acceptors (Lipinski definition) is 9. The number of nitrogens with zero attached hydrogens (tertiary/aromatic N) is 4. The molecule has 0 aliphatic carbocycles. The highest BCUT2D eigenvalue weighted by molar-refractivity contribution is 8.00. The van der Waals surface area contributed by atoms with E-state index in [4.69, 9.17) is 10.5 Å². The van der Waals surface area contributed by atoms with E-state index in [1.54, 1.807) is 26.2 Å². The summed E-state index contributed by atoms with van der Waals surface area (Å²) in [6, 6.07) is 20.7. The van der Waals surface area contributed by atoms with E-state index in [-0.39, 0.29) is 27.9 Å². The largest absolute Gasteiger partial charge is 0.497 e. The Hall–Kier alpha value is -4.38. The van der Waals surface area contributed by atoms with Gasteiger partial charge < -0.3 is 15.8 Å². The number of carbonyl (C=O) groups is 1. The van der Waals surface area contributed by atoms with Crippen LogP contribution in [0.15, 0.2) is 65.0 Å². The van der Waals surface area contributed by atoms with Gasteiger partial charge in [-0.2, -0.15) is 10.5 Å². The van der Waals surface area contributed by atoms with Crippen LogP contribution in [0.4, 0.5) is 10.9 Å². The van der Waals surface area contributed by atoms with E-state index in [2.05, 4.69) is 27.4 Å². The molecule has 10 heteroatoms. The Bertz CT molecular complexity index is 1490. The molecule has 0 aliphatic rings. The van der Waals surface area contributed by atoms with Gasteiger partial charge in [0.05, 0.1) is 23.6 Å². The lowest BCUT2D eigenvalue weighted by Gasteiger charge is -2.15. The van der Waals surface area contributed by atoms with Gasteiger partial charge in [-0.05, 0) is 36.8 Å². The van der Waals surface area contributed by atoms with Crippen molar-refractivity contribution in [1.82, 2.24) is 9.97 Å². The molecule has 8 nitrogen and oxygen atoms in total. The third-order valence-electron chi connectivity index (χ3n) is 5.26. The average Bonchev–Trinajstić information content (AvgIpc) is 3.37. The Balaban J connectivity index is 1.55. The van der Waals surface area contributed by atoms with Gasteiger partial charge in [-0.3, -0.25) is 4.79 Å². The lowest BCUT2D eigenvalue weighted by Crippen LogP contribution is -2.22. The van der Waals surface area contributed by atoms with Crippen molar-refractivity contribution in [3.8, 4) is 40.3 Å². The van der Waals surface area contributed by atoms with Crippen molar-refractivity contribution in [2.24, 2.45) is 0 Å². The zero-order valence-corrected chi connectivity index (χ0v) is 21.0. The lowest BCUT2D eigenvalue weighted by molar-refractivity contribution is -0.115. The quantitative estimate of drug-likeness (QED) is 0.317. The summed E-state index contributed by atoms with van der Waals surface area (Å²) in [7, 11) is 1.61. The molecule has 1 atom stereocenters. The summed E-state index contributed by atoms with van der Waals surface area (Å²) in [5.41, 5.74) is 9.13. The van der Waals surface area contributed by atoms with Crippen LogP contribution in [0.2, 0.25) is 0 Å². The van der Waals surface area contributed by atoms with Crippen LogP contribution >= 0.6 is 23.1 Å². The minimum absolute atomic E-state index is 0.00881. The Kier molecular flexibility index (Phi) is 7.50. The number of nitrogens with one attached hydrogen (secondary N) is 1. The highest BCUT2D eigenvalue weighted by Gasteiger charge is 2.24. The molecule has 1 amide bonds. The van der Waals surface area contributed by atoms with Gasteiger partial charge in [0.2, 0.25) is 5.91 Å². The van der Waals surface area contributed by atoms with Gasteiger partial charge in [-0.1, -0.05) is 42.1 Å². The van der Waals surface area contributed by atoms with E-state index in [9.17, 15) is 15.3 Å². The van der Waals surface area contributed by atoms with Crippen molar-refractivity contribution < 1.29 is 9.53 Å². The summed E-state index contributed by atoms with van der Waals surface area (Å²) in [6.07, 6.45) is 0. The van der Waals surface area contributed by atoms with Gasteiger partial charge in [0.25, 0.3) is 0 Å². The predicted octanol–water partition coefficient (Wildman–Crippen LogP) is 5.33. The molecule has 0 saturated carbocycles. The highest BCUT2D eigenvalue weighted by Crippen LogP contribution is 2.37. The number of nitriles is 2. The number of thiazole rings is 1. The summed E-state index contributed by atoms with van der Waals surface area (Å²) >= 11 is 2.41. The number of aromatic nitrogens is 2. The smallest absolute Gasteiger partial charge is 0.239 e. The van der Waals surface area contributed by atoms with E-state index < -0.39 is 5.25 Å². The molecule has 36 heavy (non-hydrogen) atoms. The van der Waals surface area contributed by atoms with Crippen LogP contribution in [0.3, 0.4) is 0 Å². The van der Waals surface area contributed by atoms with Gasteiger partial charge in [0.15, 0.2) is 5.13 Å². The third kappa shape index (κ3) is 5.15. The van der Waals surface area contributed by atoms with Crippen LogP contribution in [0.5, 0.6) is 5.75 Å². The molecule has 178 valence electrons. The molecule has 0 radical (unpaired) electrons. The topological polar surface area (TPSA) is 138 Å². The van der Waals surface area contributed by atoms with Crippen LogP contribution in [-0.2, 0) is 4.79 Å². The Morgan fingerprint density at radius 3 is 2.39 bits per heavy atom. The SMILES string of the molecule is COc1ccc(-c2csc(NC(=O)C(C)Sc3nc(N)c(C#N)c(-c4ccccc4)c3C#N)n2)cc1. The van der Waals surface area contributed by atoms with E-state index in [1.165, 1.54) is 11.3 Å². The third-order valence-corrected chi connectivity index (χ3v) is 7.10. The van der Waals surface area contributed by atoms with Crippen molar-refractivity contribution in [2.75, 3.05) is 18.2 Å². The molecule has 4 aromatic rings. The molecule has 0 saturated heterocycles. The van der Waals surface area contributed by atoms with Gasteiger partial charge in [0, 0.05) is 16.5 Å². The monoisotopic (exact) mass is 512 g/mol. The van der Waals surface area contributed by atoms with Crippen LogP contribution in [0.25, 0.3) is 22.4 Å². The number of anilines is 2. The molecule has 0 aliphatic heterocycles. The molecule has 1 unspecified atom stereocenters. The zero-order chi connectivity index (χ0) is 25.7. The Morgan fingerprint density at radius 2 is 1.75 bits per heavy atom.